The molecule has 0 radical (unpaired) electrons. The molecule has 3 heterocycles. The van der Waals surface area contributed by atoms with E-state index in [0.717, 1.165) is 15.0 Å². The van der Waals surface area contributed by atoms with Crippen LogP contribution in [0, 0.1) is 0 Å². The lowest BCUT2D eigenvalue weighted by atomic mass is 10.2. The largest absolute Gasteiger partial charge is 0.291 e. The second-order valence-electron chi connectivity index (χ2n) is 5.05. The molecule has 24 heavy (non-hydrogen) atoms. The van der Waals surface area contributed by atoms with Crippen molar-refractivity contribution in [3.05, 3.63) is 64.6 Å². The molecule has 3 aromatic heterocycles. The molecular weight excluding hydrogens is 344 g/mol. The third kappa shape index (κ3) is 2.66. The van der Waals surface area contributed by atoms with E-state index >= 15 is 0 Å². The lowest BCUT2D eigenvalue weighted by Gasteiger charge is -1.99. The van der Waals surface area contributed by atoms with Crippen molar-refractivity contribution in [3.8, 4) is 0 Å². The van der Waals surface area contributed by atoms with Crippen molar-refractivity contribution in [2.45, 2.75) is 0 Å². The van der Waals surface area contributed by atoms with Crippen LogP contribution in [0.5, 0.6) is 0 Å². The van der Waals surface area contributed by atoms with Gasteiger partial charge in [-0.2, -0.15) is 0 Å². The first-order chi connectivity index (χ1) is 11.7. The number of nitrogens with zero attached hydrogens (tertiary/aromatic N) is 3. The maximum Gasteiger partial charge on any atom is 0.250 e. The number of nitrogens with one attached hydrogen (secondary N) is 1. The smallest absolute Gasteiger partial charge is 0.250 e. The van der Waals surface area contributed by atoms with Gasteiger partial charge in [0.1, 0.15) is 0 Å². The van der Waals surface area contributed by atoms with Gasteiger partial charge in [0.05, 0.1) is 5.02 Å². The number of hydrogen-bond acceptors (Lipinski definition) is 4. The predicted octanol–water partition coefficient (Wildman–Crippen LogP) is 4.25. The maximum absolute atomic E-state index is 12.1. The number of fused-ring (bicyclic) bond motifs is 2. The Balaban J connectivity index is 1.57. The molecule has 0 aliphatic rings. The van der Waals surface area contributed by atoms with Crippen molar-refractivity contribution in [3.63, 3.8) is 0 Å². The summed E-state index contributed by atoms with van der Waals surface area (Å²) in [6.07, 6.45) is 4.95. The molecule has 0 saturated carbocycles. The van der Waals surface area contributed by atoms with E-state index in [1.54, 1.807) is 28.0 Å². The monoisotopic (exact) mass is 354 g/mol. The quantitative estimate of drug-likeness (QED) is 0.559. The molecule has 0 aliphatic heterocycles. The molecule has 4 aromatic rings. The van der Waals surface area contributed by atoms with Crippen LogP contribution in [0.2, 0.25) is 5.02 Å². The van der Waals surface area contributed by atoms with Crippen LogP contribution in [0.1, 0.15) is 4.88 Å². The highest BCUT2D eigenvalue weighted by molar-refractivity contribution is 7.20. The predicted molar refractivity (Wildman–Crippen MR) is 97.5 cm³/mol. The molecule has 0 aliphatic carbocycles. The first-order valence-electron chi connectivity index (χ1n) is 7.18. The summed E-state index contributed by atoms with van der Waals surface area (Å²) in [4.78, 5) is 13.0. The Morgan fingerprint density at radius 1 is 1.17 bits per heavy atom. The Bertz CT molecular complexity index is 1080. The molecule has 4 rings (SSSR count). The molecule has 1 N–H and O–H groups in total. The van der Waals surface area contributed by atoms with Crippen LogP contribution in [0.25, 0.3) is 21.8 Å². The zero-order valence-corrected chi connectivity index (χ0v) is 13.9. The Labute approximate surface area is 146 Å². The Morgan fingerprint density at radius 2 is 2.00 bits per heavy atom. The molecule has 1 amide bonds. The molecule has 0 saturated heterocycles. The second kappa shape index (κ2) is 6.07. The van der Waals surface area contributed by atoms with Crippen molar-refractivity contribution in [2.75, 3.05) is 5.32 Å². The summed E-state index contributed by atoms with van der Waals surface area (Å²) in [5, 5.41) is 12.3. The standard InChI is InChI=1S/C17H11ClN4OS/c18-16-11-5-1-2-6-12(11)24-13(16)8-9-15(23)19-17-21-20-14-7-3-4-10-22(14)17/h1-10H,(H,19,21,23). The molecule has 7 heteroatoms. The number of thiophene rings is 1. The van der Waals surface area contributed by atoms with Crippen LogP contribution in [0.3, 0.4) is 0 Å². The zero-order chi connectivity index (χ0) is 16.5. The molecule has 0 fully saturated rings. The van der Waals surface area contributed by atoms with Gasteiger partial charge in [0.25, 0.3) is 5.91 Å². The SMILES string of the molecule is O=C(C=Cc1sc2ccccc2c1Cl)Nc1nnc2ccccn12. The molecule has 0 bridgehead atoms. The summed E-state index contributed by atoms with van der Waals surface area (Å²) in [7, 11) is 0. The summed E-state index contributed by atoms with van der Waals surface area (Å²) in [6.45, 7) is 0. The molecular formula is C17H11ClN4OS. The van der Waals surface area contributed by atoms with Gasteiger partial charge in [-0.15, -0.1) is 21.5 Å². The van der Waals surface area contributed by atoms with Crippen molar-refractivity contribution >= 4 is 56.6 Å². The molecule has 118 valence electrons. The number of aromatic nitrogens is 3. The Morgan fingerprint density at radius 3 is 2.88 bits per heavy atom. The summed E-state index contributed by atoms with van der Waals surface area (Å²) in [5.41, 5.74) is 0.671. The van der Waals surface area contributed by atoms with E-state index < -0.39 is 0 Å². The number of carbonyl (C=O) groups is 1. The number of benzene rings is 1. The summed E-state index contributed by atoms with van der Waals surface area (Å²) in [5.74, 6) is 0.0874. The van der Waals surface area contributed by atoms with Crippen molar-refractivity contribution in [1.82, 2.24) is 14.6 Å². The lowest BCUT2D eigenvalue weighted by molar-refractivity contribution is -0.111. The summed E-state index contributed by atoms with van der Waals surface area (Å²) in [6, 6.07) is 13.4. The Kier molecular flexibility index (Phi) is 3.76. The van der Waals surface area contributed by atoms with Crippen LogP contribution in [-0.2, 0) is 4.79 Å². The highest BCUT2D eigenvalue weighted by Gasteiger charge is 2.09. The summed E-state index contributed by atoms with van der Waals surface area (Å²) < 4.78 is 2.80. The molecule has 1 aromatic carbocycles. The minimum absolute atomic E-state index is 0.290. The third-order valence-electron chi connectivity index (χ3n) is 3.49. The maximum atomic E-state index is 12.1. The van der Waals surface area contributed by atoms with Crippen LogP contribution < -0.4 is 5.32 Å². The van der Waals surface area contributed by atoms with Gasteiger partial charge >= 0.3 is 0 Å². The number of anilines is 1. The highest BCUT2D eigenvalue weighted by atomic mass is 35.5. The normalized spacial score (nSPS) is 11.5. The van der Waals surface area contributed by atoms with E-state index in [2.05, 4.69) is 15.5 Å². The highest BCUT2D eigenvalue weighted by Crippen LogP contribution is 2.35. The van der Waals surface area contributed by atoms with Gasteiger partial charge in [-0.05, 0) is 24.3 Å². The number of pyridine rings is 1. The van der Waals surface area contributed by atoms with Crippen LogP contribution in [0.4, 0.5) is 5.95 Å². The van der Waals surface area contributed by atoms with Gasteiger partial charge in [0, 0.05) is 27.2 Å². The molecule has 0 atom stereocenters. The van der Waals surface area contributed by atoms with Gasteiger partial charge in [0.2, 0.25) is 5.95 Å². The van der Waals surface area contributed by atoms with E-state index in [9.17, 15) is 4.79 Å². The molecule has 0 unspecified atom stereocenters. The fraction of sp³-hybridized carbons (Fsp3) is 0. The van der Waals surface area contributed by atoms with Crippen LogP contribution in [0.15, 0.2) is 54.7 Å². The van der Waals surface area contributed by atoms with Crippen LogP contribution in [-0.4, -0.2) is 20.5 Å². The second-order valence-corrected chi connectivity index (χ2v) is 6.51. The van der Waals surface area contributed by atoms with Gasteiger partial charge in [-0.1, -0.05) is 35.9 Å². The van der Waals surface area contributed by atoms with E-state index in [1.165, 1.54) is 6.08 Å². The fourth-order valence-corrected chi connectivity index (χ4v) is 3.77. The van der Waals surface area contributed by atoms with Crippen molar-refractivity contribution in [1.29, 1.82) is 0 Å². The first-order valence-corrected chi connectivity index (χ1v) is 8.38. The van der Waals surface area contributed by atoms with E-state index in [4.69, 9.17) is 11.6 Å². The minimum Gasteiger partial charge on any atom is -0.291 e. The Hall–Kier alpha value is -2.70. The average molecular weight is 355 g/mol. The van der Waals surface area contributed by atoms with Gasteiger partial charge in [-0.3, -0.25) is 14.5 Å². The number of carbonyl (C=O) groups excluding carboxylic acids is 1. The molecule has 0 spiro atoms. The van der Waals surface area contributed by atoms with E-state index in [0.29, 0.717) is 16.6 Å². The van der Waals surface area contributed by atoms with E-state index in [-0.39, 0.29) is 5.91 Å². The van der Waals surface area contributed by atoms with E-state index in [1.807, 2.05) is 42.5 Å². The zero-order valence-electron chi connectivity index (χ0n) is 12.3. The minimum atomic E-state index is -0.290. The number of halogens is 1. The van der Waals surface area contributed by atoms with Crippen molar-refractivity contribution in [2.24, 2.45) is 0 Å². The number of rotatable bonds is 3. The average Bonchev–Trinajstić information content (AvgIpc) is 3.15. The molecule has 5 nitrogen and oxygen atoms in total. The van der Waals surface area contributed by atoms with Gasteiger partial charge in [-0.25, -0.2) is 0 Å². The third-order valence-corrected chi connectivity index (χ3v) is 5.15. The topological polar surface area (TPSA) is 59.3 Å². The summed E-state index contributed by atoms with van der Waals surface area (Å²) >= 11 is 7.91. The fourth-order valence-electron chi connectivity index (χ4n) is 2.37. The van der Waals surface area contributed by atoms with Crippen molar-refractivity contribution < 1.29 is 4.79 Å². The van der Waals surface area contributed by atoms with Crippen LogP contribution >= 0.6 is 22.9 Å². The lowest BCUT2D eigenvalue weighted by Crippen LogP contribution is -2.10. The number of amides is 1. The van der Waals surface area contributed by atoms with Gasteiger partial charge < -0.3 is 0 Å². The van der Waals surface area contributed by atoms with Gasteiger partial charge in [0.15, 0.2) is 5.65 Å². The first kappa shape index (κ1) is 14.9. The number of hydrogen-bond donors (Lipinski definition) is 1.